The highest BCUT2D eigenvalue weighted by Gasteiger charge is 2.39. The number of nitrogens with zero attached hydrogens (tertiary/aromatic N) is 2. The molecule has 0 spiro atoms. The minimum Gasteiger partial charge on any atom is -0.478 e. The van der Waals surface area contributed by atoms with E-state index in [2.05, 4.69) is 4.99 Å². The Morgan fingerprint density at radius 3 is 2.46 bits per heavy atom. The number of aliphatic imine (C=N–C) groups is 1. The Kier molecular flexibility index (Phi) is 3.72. The lowest BCUT2D eigenvalue weighted by molar-refractivity contribution is -0.113. The van der Waals surface area contributed by atoms with Gasteiger partial charge in [0.1, 0.15) is 5.71 Å². The molecule has 0 bridgehead atoms. The molecule has 122 valence electrons. The van der Waals surface area contributed by atoms with Crippen LogP contribution in [-0.4, -0.2) is 28.2 Å². The predicted molar refractivity (Wildman–Crippen MR) is 93.3 cm³/mol. The van der Waals surface area contributed by atoms with Gasteiger partial charge in [-0.3, -0.25) is 4.79 Å². The number of carbonyl (C=O) groups excluding carboxylic acids is 1. The quantitative estimate of drug-likeness (QED) is 0.917. The number of carboxylic acid groups (broad SMARTS) is 1. The van der Waals surface area contributed by atoms with Crippen LogP contribution < -0.4 is 4.90 Å². The lowest BCUT2D eigenvalue weighted by atomic mass is 10.1. The van der Waals surface area contributed by atoms with Crippen molar-refractivity contribution in [3.05, 3.63) is 59.7 Å². The van der Waals surface area contributed by atoms with Gasteiger partial charge in [0.25, 0.3) is 5.91 Å². The molecule has 0 fully saturated rings. The standard InChI is InChI=1S/C19H18N2O3/c1-19(2,3)21-15-10-5-4-9-14(15)16(17(21)22)20-13-8-6-7-12(11-13)18(23)24/h4-11H,1-3H3,(H,23,24)/b20-16-. The van der Waals surface area contributed by atoms with Gasteiger partial charge in [-0.05, 0) is 45.0 Å². The third kappa shape index (κ3) is 2.69. The Labute approximate surface area is 140 Å². The maximum absolute atomic E-state index is 12.9. The highest BCUT2D eigenvalue weighted by Crippen LogP contribution is 2.35. The molecular weight excluding hydrogens is 304 g/mol. The summed E-state index contributed by atoms with van der Waals surface area (Å²) in [6.07, 6.45) is 0. The van der Waals surface area contributed by atoms with E-state index < -0.39 is 5.97 Å². The van der Waals surface area contributed by atoms with Gasteiger partial charge in [-0.15, -0.1) is 0 Å². The highest BCUT2D eigenvalue weighted by molar-refractivity contribution is 6.55. The second-order valence-corrected chi connectivity index (χ2v) is 6.64. The maximum atomic E-state index is 12.9. The summed E-state index contributed by atoms with van der Waals surface area (Å²) in [7, 11) is 0. The average Bonchev–Trinajstić information content (AvgIpc) is 2.80. The molecule has 0 radical (unpaired) electrons. The Morgan fingerprint density at radius 2 is 1.79 bits per heavy atom. The summed E-state index contributed by atoms with van der Waals surface area (Å²) >= 11 is 0. The molecule has 2 aromatic rings. The summed E-state index contributed by atoms with van der Waals surface area (Å²) in [6.45, 7) is 5.90. The normalized spacial score (nSPS) is 15.7. The van der Waals surface area contributed by atoms with Crippen LogP contribution in [0.1, 0.15) is 36.7 Å². The molecule has 1 N–H and O–H groups in total. The van der Waals surface area contributed by atoms with E-state index >= 15 is 0 Å². The second-order valence-electron chi connectivity index (χ2n) is 6.64. The molecule has 24 heavy (non-hydrogen) atoms. The molecule has 5 heteroatoms. The van der Waals surface area contributed by atoms with Crippen molar-refractivity contribution in [3.63, 3.8) is 0 Å². The number of amides is 1. The monoisotopic (exact) mass is 322 g/mol. The van der Waals surface area contributed by atoms with Crippen molar-refractivity contribution in [2.24, 2.45) is 4.99 Å². The SMILES string of the molecule is CC(C)(C)N1C(=O)/C(=N\c2cccc(C(=O)O)c2)c2ccccc21. The molecule has 0 saturated heterocycles. The summed E-state index contributed by atoms with van der Waals surface area (Å²) in [4.78, 5) is 30.2. The molecular formula is C19H18N2O3. The van der Waals surface area contributed by atoms with Crippen LogP contribution in [0.5, 0.6) is 0 Å². The fourth-order valence-electron chi connectivity index (χ4n) is 2.81. The van der Waals surface area contributed by atoms with Gasteiger partial charge in [-0.2, -0.15) is 0 Å². The summed E-state index contributed by atoms with van der Waals surface area (Å²) in [5.41, 5.74) is 2.13. The molecule has 3 rings (SSSR count). The smallest absolute Gasteiger partial charge is 0.335 e. The molecule has 0 saturated carbocycles. The van der Waals surface area contributed by atoms with Crippen molar-refractivity contribution < 1.29 is 14.7 Å². The van der Waals surface area contributed by atoms with Gasteiger partial charge in [-0.1, -0.05) is 24.3 Å². The lowest BCUT2D eigenvalue weighted by Gasteiger charge is -2.31. The molecule has 5 nitrogen and oxygen atoms in total. The Morgan fingerprint density at radius 1 is 1.08 bits per heavy atom. The number of benzene rings is 2. The number of hydrogen-bond donors (Lipinski definition) is 1. The van der Waals surface area contributed by atoms with E-state index in [0.29, 0.717) is 11.4 Å². The average molecular weight is 322 g/mol. The minimum absolute atomic E-state index is 0.142. The molecule has 0 unspecified atom stereocenters. The fraction of sp³-hybridized carbons (Fsp3) is 0.211. The first-order valence-corrected chi connectivity index (χ1v) is 7.65. The van der Waals surface area contributed by atoms with Gasteiger partial charge in [-0.25, -0.2) is 9.79 Å². The number of rotatable bonds is 2. The number of aromatic carboxylic acids is 1. The van der Waals surface area contributed by atoms with Crippen molar-refractivity contribution >= 4 is 29.0 Å². The molecule has 1 amide bonds. The first kappa shape index (κ1) is 15.9. The number of para-hydroxylation sites is 1. The van der Waals surface area contributed by atoms with Gasteiger partial charge >= 0.3 is 5.97 Å². The number of fused-ring (bicyclic) bond motifs is 1. The summed E-state index contributed by atoms with van der Waals surface area (Å²) in [5.74, 6) is -1.20. The fourth-order valence-corrected chi connectivity index (χ4v) is 2.81. The van der Waals surface area contributed by atoms with Gasteiger partial charge in [0.2, 0.25) is 0 Å². The van der Waals surface area contributed by atoms with Gasteiger partial charge in [0.15, 0.2) is 0 Å². The van der Waals surface area contributed by atoms with Crippen LogP contribution in [0.25, 0.3) is 0 Å². The van der Waals surface area contributed by atoms with E-state index in [9.17, 15) is 9.59 Å². The third-order valence-corrected chi connectivity index (χ3v) is 3.81. The number of carbonyl (C=O) groups is 2. The molecule has 1 aliphatic heterocycles. The number of hydrogen-bond acceptors (Lipinski definition) is 3. The van der Waals surface area contributed by atoms with Crippen LogP contribution in [-0.2, 0) is 4.79 Å². The summed E-state index contributed by atoms with van der Waals surface area (Å²) in [5, 5.41) is 9.10. The second kappa shape index (κ2) is 5.60. The number of anilines is 1. The van der Waals surface area contributed by atoms with E-state index in [4.69, 9.17) is 5.11 Å². The Bertz CT molecular complexity index is 863. The van der Waals surface area contributed by atoms with E-state index in [1.54, 1.807) is 17.0 Å². The zero-order valence-electron chi connectivity index (χ0n) is 13.8. The van der Waals surface area contributed by atoms with Crippen molar-refractivity contribution in [2.75, 3.05) is 4.90 Å². The van der Waals surface area contributed by atoms with Crippen LogP contribution in [0.15, 0.2) is 53.5 Å². The van der Waals surface area contributed by atoms with Crippen LogP contribution >= 0.6 is 0 Å². The lowest BCUT2D eigenvalue weighted by Crippen LogP contribution is -2.45. The van der Waals surface area contributed by atoms with E-state index in [1.807, 2.05) is 45.0 Å². The maximum Gasteiger partial charge on any atom is 0.335 e. The third-order valence-electron chi connectivity index (χ3n) is 3.81. The van der Waals surface area contributed by atoms with Crippen LogP contribution in [0.4, 0.5) is 11.4 Å². The molecule has 0 aliphatic carbocycles. The first-order valence-electron chi connectivity index (χ1n) is 7.65. The van der Waals surface area contributed by atoms with E-state index in [-0.39, 0.29) is 17.0 Å². The van der Waals surface area contributed by atoms with Crippen LogP contribution in [0.3, 0.4) is 0 Å². The molecule has 1 aliphatic rings. The predicted octanol–water partition coefficient (Wildman–Crippen LogP) is 3.65. The summed E-state index contributed by atoms with van der Waals surface area (Å²) in [6, 6.07) is 13.8. The van der Waals surface area contributed by atoms with Crippen LogP contribution in [0, 0.1) is 0 Å². The molecule has 1 heterocycles. The largest absolute Gasteiger partial charge is 0.478 e. The molecule has 0 aromatic heterocycles. The van der Waals surface area contributed by atoms with Crippen molar-refractivity contribution in [1.29, 1.82) is 0 Å². The molecule has 2 aromatic carbocycles. The Hall–Kier alpha value is -2.95. The van der Waals surface area contributed by atoms with E-state index in [1.165, 1.54) is 12.1 Å². The zero-order valence-corrected chi connectivity index (χ0v) is 13.8. The van der Waals surface area contributed by atoms with Crippen molar-refractivity contribution in [3.8, 4) is 0 Å². The topological polar surface area (TPSA) is 70.0 Å². The Balaban J connectivity index is 2.13. The van der Waals surface area contributed by atoms with Crippen molar-refractivity contribution in [2.45, 2.75) is 26.3 Å². The molecule has 0 atom stereocenters. The first-order chi connectivity index (χ1) is 11.3. The van der Waals surface area contributed by atoms with E-state index in [0.717, 1.165) is 11.3 Å². The van der Waals surface area contributed by atoms with Gasteiger partial charge in [0.05, 0.1) is 16.9 Å². The summed E-state index contributed by atoms with van der Waals surface area (Å²) < 4.78 is 0. The van der Waals surface area contributed by atoms with Crippen LogP contribution in [0.2, 0.25) is 0 Å². The zero-order chi connectivity index (χ0) is 17.5. The minimum atomic E-state index is -1.02. The van der Waals surface area contributed by atoms with Crippen molar-refractivity contribution in [1.82, 2.24) is 0 Å². The highest BCUT2D eigenvalue weighted by atomic mass is 16.4. The van der Waals surface area contributed by atoms with Gasteiger partial charge < -0.3 is 10.0 Å². The number of carboxylic acids is 1. The van der Waals surface area contributed by atoms with Gasteiger partial charge in [0, 0.05) is 11.1 Å².